The number of aliphatic hydroxyl groups is 3. The van der Waals surface area contributed by atoms with Crippen LogP contribution in [0, 0.1) is 10.1 Å². The molecule has 1 aliphatic rings. The first-order valence-electron chi connectivity index (χ1n) is 6.01. The summed E-state index contributed by atoms with van der Waals surface area (Å²) < 4.78 is 10.6. The molecule has 2 rings (SSSR count). The van der Waals surface area contributed by atoms with E-state index in [9.17, 15) is 25.4 Å². The van der Waals surface area contributed by atoms with Crippen LogP contribution in [0.15, 0.2) is 24.3 Å². The molecule has 1 heterocycles. The molecule has 0 spiro atoms. The van der Waals surface area contributed by atoms with Gasteiger partial charge in [-0.2, -0.15) is 0 Å². The number of non-ortho nitro benzene ring substituents is 1. The van der Waals surface area contributed by atoms with Gasteiger partial charge in [0.1, 0.15) is 24.1 Å². The lowest BCUT2D eigenvalue weighted by Crippen LogP contribution is -2.58. The molecule has 3 N–H and O–H groups in total. The van der Waals surface area contributed by atoms with Gasteiger partial charge in [-0.05, 0) is 19.1 Å². The number of ether oxygens (including phenoxy) is 2. The monoisotopic (exact) mass is 285 g/mol. The van der Waals surface area contributed by atoms with E-state index in [1.54, 1.807) is 0 Å². The standard InChI is InChI=1S/C12H15NO7/c1-6-9(14)10(15)11(16)12(19-6)20-8-4-2-7(3-5-8)13(17)18/h2-6,9-12,14-16H,1H3/t6-,9+,10-,11-,12+/m1/s1. The average molecular weight is 285 g/mol. The number of nitrogens with zero attached hydrogens (tertiary/aromatic N) is 1. The molecule has 0 saturated carbocycles. The molecule has 110 valence electrons. The third-order valence-corrected chi connectivity index (χ3v) is 3.11. The van der Waals surface area contributed by atoms with Crippen molar-refractivity contribution in [1.82, 2.24) is 0 Å². The molecule has 0 aromatic heterocycles. The smallest absolute Gasteiger partial charge is 0.269 e. The van der Waals surface area contributed by atoms with Crippen molar-refractivity contribution in [2.75, 3.05) is 0 Å². The van der Waals surface area contributed by atoms with Crippen LogP contribution in [-0.4, -0.2) is 50.9 Å². The summed E-state index contributed by atoms with van der Waals surface area (Å²) in [6.45, 7) is 1.53. The Kier molecular flexibility index (Phi) is 4.19. The van der Waals surface area contributed by atoms with Gasteiger partial charge < -0.3 is 24.8 Å². The van der Waals surface area contributed by atoms with Crippen molar-refractivity contribution in [3.63, 3.8) is 0 Å². The van der Waals surface area contributed by atoms with E-state index in [0.29, 0.717) is 0 Å². The van der Waals surface area contributed by atoms with Gasteiger partial charge in [-0.25, -0.2) is 0 Å². The van der Waals surface area contributed by atoms with Crippen LogP contribution in [0.25, 0.3) is 0 Å². The van der Waals surface area contributed by atoms with E-state index in [0.717, 1.165) is 0 Å². The molecule has 8 nitrogen and oxygen atoms in total. The maximum atomic E-state index is 10.5. The fraction of sp³-hybridized carbons (Fsp3) is 0.500. The summed E-state index contributed by atoms with van der Waals surface area (Å²) in [4.78, 5) is 9.97. The Morgan fingerprint density at radius 1 is 1.15 bits per heavy atom. The van der Waals surface area contributed by atoms with E-state index in [1.165, 1.54) is 31.2 Å². The first-order chi connectivity index (χ1) is 9.40. The van der Waals surface area contributed by atoms with E-state index in [1.807, 2.05) is 0 Å². The van der Waals surface area contributed by atoms with E-state index in [-0.39, 0.29) is 11.4 Å². The minimum absolute atomic E-state index is 0.0914. The van der Waals surface area contributed by atoms with E-state index in [2.05, 4.69) is 0 Å². The topological polar surface area (TPSA) is 122 Å². The lowest BCUT2D eigenvalue weighted by Gasteiger charge is -2.38. The first-order valence-corrected chi connectivity index (χ1v) is 6.01. The largest absolute Gasteiger partial charge is 0.462 e. The lowest BCUT2D eigenvalue weighted by atomic mass is 10.00. The van der Waals surface area contributed by atoms with Crippen LogP contribution in [0.5, 0.6) is 5.75 Å². The van der Waals surface area contributed by atoms with Gasteiger partial charge in [0.05, 0.1) is 11.0 Å². The van der Waals surface area contributed by atoms with Crippen LogP contribution in [0.1, 0.15) is 6.92 Å². The summed E-state index contributed by atoms with van der Waals surface area (Å²) in [5, 5.41) is 39.4. The van der Waals surface area contributed by atoms with Crippen LogP contribution >= 0.6 is 0 Å². The van der Waals surface area contributed by atoms with Crippen LogP contribution in [0.2, 0.25) is 0 Å². The highest BCUT2D eigenvalue weighted by Crippen LogP contribution is 2.25. The number of benzene rings is 1. The molecule has 0 unspecified atom stereocenters. The molecule has 20 heavy (non-hydrogen) atoms. The van der Waals surface area contributed by atoms with Crippen molar-refractivity contribution in [3.8, 4) is 5.75 Å². The van der Waals surface area contributed by atoms with Gasteiger partial charge in [0.25, 0.3) is 5.69 Å². The Bertz CT molecular complexity index is 477. The van der Waals surface area contributed by atoms with Crippen molar-refractivity contribution in [3.05, 3.63) is 34.4 Å². The SMILES string of the molecule is C[C@H]1O[C@@H](Oc2ccc([N+](=O)[O-])cc2)[C@H](O)[C@H](O)[C@H]1O. The summed E-state index contributed by atoms with van der Waals surface area (Å²) in [5.74, 6) is 0.246. The zero-order chi connectivity index (χ0) is 14.9. The molecule has 0 radical (unpaired) electrons. The Balaban J connectivity index is 2.07. The zero-order valence-corrected chi connectivity index (χ0v) is 10.6. The molecule has 1 aromatic rings. The Labute approximate surface area is 114 Å². The van der Waals surface area contributed by atoms with Crippen molar-refractivity contribution in [2.45, 2.75) is 37.6 Å². The molecule has 1 aromatic carbocycles. The van der Waals surface area contributed by atoms with Crippen LogP contribution in [0.4, 0.5) is 5.69 Å². The molecular formula is C12H15NO7. The van der Waals surface area contributed by atoms with Crippen LogP contribution < -0.4 is 4.74 Å². The fourth-order valence-electron chi connectivity index (χ4n) is 1.89. The molecule has 1 fully saturated rings. The second kappa shape index (κ2) is 5.71. The van der Waals surface area contributed by atoms with Crippen molar-refractivity contribution < 1.29 is 29.7 Å². The Morgan fingerprint density at radius 3 is 2.30 bits per heavy atom. The second-order valence-electron chi connectivity index (χ2n) is 4.55. The highest BCUT2D eigenvalue weighted by Gasteiger charge is 2.43. The highest BCUT2D eigenvalue weighted by atomic mass is 16.7. The number of hydrogen-bond donors (Lipinski definition) is 3. The van der Waals surface area contributed by atoms with Gasteiger partial charge in [-0.3, -0.25) is 10.1 Å². The van der Waals surface area contributed by atoms with Gasteiger partial charge in [0, 0.05) is 12.1 Å². The number of nitro benzene ring substituents is 1. The number of hydrogen-bond acceptors (Lipinski definition) is 7. The summed E-state index contributed by atoms with van der Waals surface area (Å²) >= 11 is 0. The average Bonchev–Trinajstić information content (AvgIpc) is 2.43. The van der Waals surface area contributed by atoms with Crippen LogP contribution in [-0.2, 0) is 4.74 Å². The molecule has 0 aliphatic carbocycles. The van der Waals surface area contributed by atoms with E-state index >= 15 is 0 Å². The van der Waals surface area contributed by atoms with Gasteiger partial charge in [-0.1, -0.05) is 0 Å². The fourth-order valence-corrected chi connectivity index (χ4v) is 1.89. The van der Waals surface area contributed by atoms with Crippen LogP contribution in [0.3, 0.4) is 0 Å². The maximum Gasteiger partial charge on any atom is 0.269 e. The zero-order valence-electron chi connectivity index (χ0n) is 10.6. The van der Waals surface area contributed by atoms with Gasteiger partial charge in [-0.15, -0.1) is 0 Å². The summed E-state index contributed by atoms with van der Waals surface area (Å²) in [6, 6.07) is 5.21. The van der Waals surface area contributed by atoms with E-state index < -0.39 is 35.6 Å². The molecule has 5 atom stereocenters. The highest BCUT2D eigenvalue weighted by molar-refractivity contribution is 5.36. The normalized spacial score (nSPS) is 33.7. The number of aliphatic hydroxyl groups excluding tert-OH is 3. The maximum absolute atomic E-state index is 10.5. The first kappa shape index (κ1) is 14.7. The minimum atomic E-state index is -1.42. The summed E-state index contributed by atoms with van der Waals surface area (Å²) in [7, 11) is 0. The number of nitro groups is 1. The van der Waals surface area contributed by atoms with Crippen molar-refractivity contribution in [1.29, 1.82) is 0 Å². The van der Waals surface area contributed by atoms with Gasteiger partial charge >= 0.3 is 0 Å². The van der Waals surface area contributed by atoms with Gasteiger partial charge in [0.2, 0.25) is 6.29 Å². The molecule has 8 heteroatoms. The lowest BCUT2D eigenvalue weighted by molar-refractivity contribution is -0.384. The molecule has 0 amide bonds. The molecular weight excluding hydrogens is 270 g/mol. The Morgan fingerprint density at radius 2 is 1.75 bits per heavy atom. The third kappa shape index (κ3) is 2.88. The Hall–Kier alpha value is -1.74. The third-order valence-electron chi connectivity index (χ3n) is 3.11. The van der Waals surface area contributed by atoms with E-state index in [4.69, 9.17) is 9.47 Å². The molecule has 1 aliphatic heterocycles. The molecule has 1 saturated heterocycles. The number of rotatable bonds is 3. The predicted molar refractivity (Wildman–Crippen MR) is 66.1 cm³/mol. The molecule has 0 bridgehead atoms. The van der Waals surface area contributed by atoms with Gasteiger partial charge in [0.15, 0.2) is 0 Å². The summed E-state index contributed by atoms with van der Waals surface area (Å²) in [6.07, 6.45) is -5.89. The quantitative estimate of drug-likeness (QED) is 0.519. The predicted octanol–water partition coefficient (Wildman–Crippen LogP) is -0.199. The summed E-state index contributed by atoms with van der Waals surface area (Å²) in [5.41, 5.74) is -0.0914. The van der Waals surface area contributed by atoms with Crippen molar-refractivity contribution >= 4 is 5.69 Å². The second-order valence-corrected chi connectivity index (χ2v) is 4.55. The minimum Gasteiger partial charge on any atom is -0.462 e. The van der Waals surface area contributed by atoms with Crippen molar-refractivity contribution in [2.24, 2.45) is 0 Å².